The molecule has 0 aliphatic carbocycles. The van der Waals surface area contributed by atoms with Crippen molar-refractivity contribution in [2.75, 3.05) is 0 Å². The normalized spacial score (nSPS) is 17.0. The van der Waals surface area contributed by atoms with E-state index in [2.05, 4.69) is 4.99 Å². The van der Waals surface area contributed by atoms with Crippen LogP contribution in [-0.4, -0.2) is 9.76 Å². The molecular formula is C15H10F3NOS. The number of benzene rings is 2. The number of hydrogen-bond donors (Lipinski definition) is 0. The molecule has 2 nitrogen and oxygen atoms in total. The average molecular weight is 309 g/mol. The van der Waals surface area contributed by atoms with E-state index in [4.69, 9.17) is 0 Å². The minimum atomic E-state index is -4.32. The molecule has 108 valence electrons. The second-order valence-electron chi connectivity index (χ2n) is 4.71. The van der Waals surface area contributed by atoms with Crippen LogP contribution in [0.3, 0.4) is 0 Å². The lowest BCUT2D eigenvalue weighted by atomic mass is 10.0. The van der Waals surface area contributed by atoms with Gasteiger partial charge in [-0.15, -0.1) is 0 Å². The van der Waals surface area contributed by atoms with E-state index in [1.807, 2.05) is 6.07 Å². The van der Waals surface area contributed by atoms with E-state index in [-0.39, 0.29) is 0 Å². The lowest BCUT2D eigenvalue weighted by Crippen LogP contribution is -2.04. The van der Waals surface area contributed by atoms with Gasteiger partial charge in [0.05, 0.1) is 32.5 Å². The SMILES string of the molecule is O=S1C=Nc2ccc(Cc3ccc(C(F)(F)F)cc3)cc21. The first kappa shape index (κ1) is 14.0. The van der Waals surface area contributed by atoms with Gasteiger partial charge in [-0.25, -0.2) is 9.20 Å². The lowest BCUT2D eigenvalue weighted by molar-refractivity contribution is -0.137. The van der Waals surface area contributed by atoms with Crippen molar-refractivity contribution in [1.29, 1.82) is 0 Å². The first-order valence-electron chi connectivity index (χ1n) is 6.17. The molecule has 0 saturated heterocycles. The quantitative estimate of drug-likeness (QED) is 0.822. The summed E-state index contributed by atoms with van der Waals surface area (Å²) in [4.78, 5) is 4.67. The van der Waals surface area contributed by atoms with Gasteiger partial charge in [0.25, 0.3) is 0 Å². The van der Waals surface area contributed by atoms with Gasteiger partial charge in [-0.3, -0.25) is 0 Å². The van der Waals surface area contributed by atoms with E-state index in [0.29, 0.717) is 17.0 Å². The van der Waals surface area contributed by atoms with Crippen LogP contribution < -0.4 is 0 Å². The average Bonchev–Trinajstić information content (AvgIpc) is 2.80. The Morgan fingerprint density at radius 2 is 1.67 bits per heavy atom. The fraction of sp³-hybridized carbons (Fsp3) is 0.133. The van der Waals surface area contributed by atoms with E-state index in [1.54, 1.807) is 12.1 Å². The standard InChI is InChI=1S/C15H10F3NOS/c16-15(17,18)12-4-1-10(2-5-12)7-11-3-6-13-14(8-11)21(20)9-19-13/h1-6,8-9H,7H2. The molecule has 0 N–H and O–H groups in total. The summed E-state index contributed by atoms with van der Waals surface area (Å²) in [6.07, 6.45) is -3.83. The molecule has 0 radical (unpaired) electrons. The Hall–Kier alpha value is -1.95. The molecule has 0 amide bonds. The largest absolute Gasteiger partial charge is 0.416 e. The molecular weight excluding hydrogens is 299 g/mol. The highest BCUT2D eigenvalue weighted by molar-refractivity contribution is 7.99. The van der Waals surface area contributed by atoms with Crippen LogP contribution >= 0.6 is 0 Å². The Bertz CT molecular complexity index is 736. The number of rotatable bonds is 2. The second-order valence-corrected chi connectivity index (χ2v) is 5.95. The topological polar surface area (TPSA) is 29.4 Å². The van der Waals surface area contributed by atoms with E-state index >= 15 is 0 Å². The van der Waals surface area contributed by atoms with Gasteiger partial charge >= 0.3 is 6.18 Å². The number of hydrogen-bond acceptors (Lipinski definition) is 2. The number of alkyl halides is 3. The monoisotopic (exact) mass is 309 g/mol. The first-order chi connectivity index (χ1) is 9.93. The van der Waals surface area contributed by atoms with Crippen molar-refractivity contribution in [2.45, 2.75) is 17.5 Å². The highest BCUT2D eigenvalue weighted by atomic mass is 32.2. The molecule has 0 aromatic heterocycles. The summed E-state index contributed by atoms with van der Waals surface area (Å²) in [5.74, 6) is 0. The molecule has 6 heteroatoms. The van der Waals surface area contributed by atoms with Crippen LogP contribution in [0.25, 0.3) is 0 Å². The van der Waals surface area contributed by atoms with Crippen LogP contribution in [0.4, 0.5) is 18.9 Å². The third kappa shape index (κ3) is 2.90. The van der Waals surface area contributed by atoms with Crippen molar-refractivity contribution in [3.8, 4) is 0 Å². The predicted octanol–water partition coefficient (Wildman–Crippen LogP) is 4.08. The maximum Gasteiger partial charge on any atom is 0.416 e. The van der Waals surface area contributed by atoms with Crippen LogP contribution in [0.5, 0.6) is 0 Å². The summed E-state index contributed by atoms with van der Waals surface area (Å²) < 4.78 is 49.1. The molecule has 2 aromatic rings. The molecule has 1 unspecified atom stereocenters. The summed E-state index contributed by atoms with van der Waals surface area (Å²) in [5, 5.41) is 0. The highest BCUT2D eigenvalue weighted by Gasteiger charge is 2.29. The summed E-state index contributed by atoms with van der Waals surface area (Å²) in [6.45, 7) is 0. The highest BCUT2D eigenvalue weighted by Crippen LogP contribution is 2.31. The Labute approximate surface area is 121 Å². The third-order valence-corrected chi connectivity index (χ3v) is 4.28. The second kappa shape index (κ2) is 5.11. The van der Waals surface area contributed by atoms with Gasteiger partial charge in [0.15, 0.2) is 0 Å². The molecule has 21 heavy (non-hydrogen) atoms. The smallest absolute Gasteiger partial charge is 0.248 e. The first-order valence-corrected chi connectivity index (χ1v) is 7.38. The molecule has 1 aliphatic heterocycles. The zero-order valence-corrected chi connectivity index (χ0v) is 11.5. The minimum Gasteiger partial charge on any atom is -0.248 e. The van der Waals surface area contributed by atoms with Crippen molar-refractivity contribution < 1.29 is 17.4 Å². The van der Waals surface area contributed by atoms with Gasteiger partial charge in [-0.1, -0.05) is 18.2 Å². The number of nitrogens with zero attached hydrogens (tertiary/aromatic N) is 1. The predicted molar refractivity (Wildman–Crippen MR) is 75.3 cm³/mol. The van der Waals surface area contributed by atoms with E-state index in [1.165, 1.54) is 17.7 Å². The van der Waals surface area contributed by atoms with Crippen molar-refractivity contribution in [2.24, 2.45) is 4.99 Å². The minimum absolute atomic E-state index is 0.489. The van der Waals surface area contributed by atoms with Crippen LogP contribution in [0.1, 0.15) is 16.7 Å². The Balaban J connectivity index is 1.82. The van der Waals surface area contributed by atoms with Crippen LogP contribution in [-0.2, 0) is 23.4 Å². The fourth-order valence-electron chi connectivity index (χ4n) is 2.15. The van der Waals surface area contributed by atoms with Crippen LogP contribution in [0.15, 0.2) is 52.4 Å². The van der Waals surface area contributed by atoms with Crippen molar-refractivity contribution in [1.82, 2.24) is 0 Å². The zero-order chi connectivity index (χ0) is 15.0. The van der Waals surface area contributed by atoms with Gasteiger partial charge in [-0.05, 0) is 41.8 Å². The summed E-state index contributed by atoms with van der Waals surface area (Å²) in [5.41, 5.74) is 3.08. The van der Waals surface area contributed by atoms with Gasteiger partial charge in [0.2, 0.25) is 0 Å². The lowest BCUT2D eigenvalue weighted by Gasteiger charge is -2.08. The Kier molecular flexibility index (Phi) is 3.41. The molecule has 0 fully saturated rings. The molecule has 3 rings (SSSR count). The van der Waals surface area contributed by atoms with Crippen molar-refractivity contribution in [3.63, 3.8) is 0 Å². The van der Waals surface area contributed by atoms with E-state index in [9.17, 15) is 17.4 Å². The molecule has 0 spiro atoms. The maximum absolute atomic E-state index is 12.5. The van der Waals surface area contributed by atoms with E-state index in [0.717, 1.165) is 23.3 Å². The molecule has 0 bridgehead atoms. The Morgan fingerprint density at radius 3 is 2.33 bits per heavy atom. The molecule has 1 aliphatic rings. The molecule has 1 heterocycles. The van der Waals surface area contributed by atoms with Gasteiger partial charge in [0.1, 0.15) is 0 Å². The number of aliphatic imine (C=N–C) groups is 1. The fourth-order valence-corrected chi connectivity index (χ4v) is 3.06. The summed E-state index contributed by atoms with van der Waals surface area (Å²) >= 11 is 0. The maximum atomic E-state index is 12.5. The van der Waals surface area contributed by atoms with Crippen LogP contribution in [0, 0.1) is 0 Å². The van der Waals surface area contributed by atoms with E-state index < -0.39 is 22.5 Å². The molecule has 2 aromatic carbocycles. The number of halogens is 3. The summed E-state index contributed by atoms with van der Waals surface area (Å²) in [7, 11) is -1.22. The summed E-state index contributed by atoms with van der Waals surface area (Å²) in [6, 6.07) is 10.5. The third-order valence-electron chi connectivity index (χ3n) is 3.22. The zero-order valence-electron chi connectivity index (χ0n) is 10.7. The van der Waals surface area contributed by atoms with Crippen molar-refractivity contribution in [3.05, 3.63) is 59.2 Å². The van der Waals surface area contributed by atoms with Gasteiger partial charge in [-0.2, -0.15) is 13.2 Å². The molecule has 1 atom stereocenters. The van der Waals surface area contributed by atoms with Crippen LogP contribution in [0.2, 0.25) is 0 Å². The Morgan fingerprint density at radius 1 is 1.00 bits per heavy atom. The number of fused-ring (bicyclic) bond motifs is 1. The van der Waals surface area contributed by atoms with Crippen molar-refractivity contribution >= 4 is 22.0 Å². The molecule has 0 saturated carbocycles. The van der Waals surface area contributed by atoms with Gasteiger partial charge in [0, 0.05) is 0 Å². The van der Waals surface area contributed by atoms with Gasteiger partial charge < -0.3 is 0 Å².